The summed E-state index contributed by atoms with van der Waals surface area (Å²) in [6, 6.07) is 18.4. The second-order valence-electron chi connectivity index (χ2n) is 7.91. The number of nitrogens with zero attached hydrogens (tertiary/aromatic N) is 2. The van der Waals surface area contributed by atoms with Gasteiger partial charge in [0.2, 0.25) is 0 Å². The van der Waals surface area contributed by atoms with Crippen molar-refractivity contribution in [3.05, 3.63) is 101 Å². The minimum atomic E-state index is 0.250. The number of nitrogens with one attached hydrogen (secondary N) is 2. The summed E-state index contributed by atoms with van der Waals surface area (Å²) in [5.74, 6) is 1.05. The van der Waals surface area contributed by atoms with Gasteiger partial charge in [0.05, 0.1) is 5.69 Å². The van der Waals surface area contributed by atoms with Gasteiger partial charge in [-0.15, -0.1) is 0 Å². The van der Waals surface area contributed by atoms with Gasteiger partial charge in [-0.2, -0.15) is 0 Å². The lowest BCUT2D eigenvalue weighted by Crippen LogP contribution is -2.11. The van der Waals surface area contributed by atoms with E-state index >= 15 is 0 Å². The molecule has 31 heavy (non-hydrogen) atoms. The summed E-state index contributed by atoms with van der Waals surface area (Å²) < 4.78 is 0. The van der Waals surface area contributed by atoms with E-state index in [2.05, 4.69) is 38.5 Å². The maximum absolute atomic E-state index is 12.8. The number of rotatable bonds is 6. The van der Waals surface area contributed by atoms with E-state index in [1.807, 2.05) is 42.6 Å². The van der Waals surface area contributed by atoms with E-state index in [0.717, 1.165) is 58.7 Å². The average Bonchev–Trinajstić information content (AvgIpc) is 3.19. The Hall–Kier alpha value is -3.73. The van der Waals surface area contributed by atoms with Gasteiger partial charge in [-0.05, 0) is 53.8 Å². The number of hydrogen-bond acceptors (Lipinski definition) is 4. The predicted octanol–water partition coefficient (Wildman–Crippen LogP) is 5.19. The van der Waals surface area contributed by atoms with E-state index in [4.69, 9.17) is 0 Å². The largest absolute Gasteiger partial charge is 0.366 e. The highest BCUT2D eigenvalue weighted by Gasteiger charge is 2.26. The molecule has 0 unspecified atom stereocenters. The maximum atomic E-state index is 12.8. The van der Waals surface area contributed by atoms with Gasteiger partial charge in [0, 0.05) is 54.8 Å². The number of carbonyl (C=O) groups excluding carboxylic acids is 1. The Morgan fingerprint density at radius 3 is 2.61 bits per heavy atom. The molecule has 0 fully saturated rings. The number of hydrogen-bond donors (Lipinski definition) is 2. The Kier molecular flexibility index (Phi) is 5.31. The molecule has 4 aromatic rings. The van der Waals surface area contributed by atoms with Crippen LogP contribution in [0.5, 0.6) is 0 Å². The molecule has 0 spiro atoms. The molecule has 2 N–H and O–H groups in total. The molecule has 0 aliphatic heterocycles. The molecular formula is C26H24N4O. The molecule has 3 aromatic heterocycles. The second kappa shape index (κ2) is 8.56. The number of Topliss-reactive ketones (excluding diaryl/α,β-unsaturated/α-hetero) is 1. The molecule has 5 heteroatoms. The molecule has 0 bridgehead atoms. The number of aromatic amines is 1. The number of anilines is 1. The van der Waals surface area contributed by atoms with Gasteiger partial charge in [-0.25, -0.2) is 4.98 Å². The van der Waals surface area contributed by atoms with Crippen molar-refractivity contribution < 1.29 is 4.79 Å². The molecule has 0 amide bonds. The fraction of sp³-hybridized carbons (Fsp3) is 0.192. The minimum absolute atomic E-state index is 0.250. The van der Waals surface area contributed by atoms with E-state index in [-0.39, 0.29) is 5.78 Å². The van der Waals surface area contributed by atoms with Crippen molar-refractivity contribution in [2.45, 2.75) is 32.2 Å². The van der Waals surface area contributed by atoms with Crippen molar-refractivity contribution in [2.24, 2.45) is 0 Å². The monoisotopic (exact) mass is 408 g/mol. The highest BCUT2D eigenvalue weighted by molar-refractivity contribution is 6.01. The van der Waals surface area contributed by atoms with Crippen molar-refractivity contribution in [2.75, 3.05) is 5.32 Å². The number of aromatic nitrogens is 3. The predicted molar refractivity (Wildman–Crippen MR) is 122 cm³/mol. The summed E-state index contributed by atoms with van der Waals surface area (Å²) in [7, 11) is 0. The summed E-state index contributed by atoms with van der Waals surface area (Å²) in [5, 5.41) is 3.39. The van der Waals surface area contributed by atoms with Crippen LogP contribution in [0.2, 0.25) is 0 Å². The molecule has 154 valence electrons. The molecule has 3 heterocycles. The first-order valence-electron chi connectivity index (χ1n) is 10.7. The number of pyridine rings is 2. The van der Waals surface area contributed by atoms with Gasteiger partial charge >= 0.3 is 0 Å². The summed E-state index contributed by atoms with van der Waals surface area (Å²) in [5.41, 5.74) is 7.48. The molecule has 5 nitrogen and oxygen atoms in total. The number of ketones is 1. The molecule has 1 aliphatic rings. The highest BCUT2D eigenvalue weighted by Crippen LogP contribution is 2.35. The fourth-order valence-corrected chi connectivity index (χ4v) is 4.27. The van der Waals surface area contributed by atoms with E-state index < -0.39 is 0 Å². The summed E-state index contributed by atoms with van der Waals surface area (Å²) in [6.45, 7) is 0.676. The van der Waals surface area contributed by atoms with Crippen LogP contribution >= 0.6 is 0 Å². The molecule has 5 rings (SSSR count). The van der Waals surface area contributed by atoms with E-state index in [9.17, 15) is 4.79 Å². The van der Waals surface area contributed by atoms with Crippen molar-refractivity contribution >= 4 is 11.6 Å². The van der Waals surface area contributed by atoms with Crippen LogP contribution in [-0.4, -0.2) is 20.7 Å². The molecule has 0 saturated carbocycles. The third-order valence-electron chi connectivity index (χ3n) is 5.79. The average molecular weight is 409 g/mol. The molecule has 1 aromatic carbocycles. The first kappa shape index (κ1) is 19.2. The topological polar surface area (TPSA) is 70.7 Å². The number of H-pyrrole nitrogens is 1. The van der Waals surface area contributed by atoms with Crippen LogP contribution in [0.15, 0.2) is 73.2 Å². The molecule has 1 aliphatic carbocycles. The van der Waals surface area contributed by atoms with Gasteiger partial charge in [0.1, 0.15) is 5.82 Å². The molecule has 0 radical (unpaired) electrons. The number of fused-ring (bicyclic) bond motifs is 1. The molecular weight excluding hydrogens is 384 g/mol. The minimum Gasteiger partial charge on any atom is -0.366 e. The van der Waals surface area contributed by atoms with Crippen LogP contribution in [0.25, 0.3) is 11.3 Å². The lowest BCUT2D eigenvalue weighted by molar-refractivity contribution is 0.0971. The molecule has 0 atom stereocenters. The van der Waals surface area contributed by atoms with Crippen LogP contribution < -0.4 is 5.32 Å². The second-order valence-corrected chi connectivity index (χ2v) is 7.91. The Morgan fingerprint density at radius 2 is 1.77 bits per heavy atom. The quantitative estimate of drug-likeness (QED) is 0.460. The Morgan fingerprint density at radius 1 is 0.935 bits per heavy atom. The van der Waals surface area contributed by atoms with Crippen molar-refractivity contribution in [3.63, 3.8) is 0 Å². The maximum Gasteiger partial charge on any atom is 0.165 e. The van der Waals surface area contributed by atoms with Crippen LogP contribution in [0.4, 0.5) is 5.82 Å². The number of aryl methyl sites for hydroxylation is 1. The highest BCUT2D eigenvalue weighted by atomic mass is 16.1. The summed E-state index contributed by atoms with van der Waals surface area (Å²) in [6.07, 6.45) is 8.58. The zero-order chi connectivity index (χ0) is 21.0. The van der Waals surface area contributed by atoms with Gasteiger partial charge in [0.25, 0.3) is 0 Å². The van der Waals surface area contributed by atoms with E-state index in [1.54, 1.807) is 12.4 Å². The van der Waals surface area contributed by atoms with Gasteiger partial charge < -0.3 is 10.3 Å². The standard InChI is InChI=1S/C26H24N4O/c31-23-8-4-7-22-25(23)21(15-18-5-2-1-3-6-18)26(30-22)20-11-14-28-24(16-20)29-17-19-9-12-27-13-10-19/h1-3,5-6,9-14,16,30H,4,7-8,15,17H2,(H,28,29). The Bertz CT molecular complexity index is 1200. The normalized spacial score (nSPS) is 13.1. The van der Waals surface area contributed by atoms with E-state index in [1.165, 1.54) is 5.56 Å². The summed E-state index contributed by atoms with van der Waals surface area (Å²) in [4.78, 5) is 24.9. The SMILES string of the molecule is O=C1CCCc2[nH]c(-c3ccnc(NCc4ccncc4)c3)c(Cc3ccccc3)c21. The van der Waals surface area contributed by atoms with Crippen molar-refractivity contribution in [1.82, 2.24) is 15.0 Å². The van der Waals surface area contributed by atoms with Gasteiger partial charge in [-0.3, -0.25) is 9.78 Å². The Balaban J connectivity index is 1.50. The molecule has 0 saturated heterocycles. The van der Waals surface area contributed by atoms with Crippen molar-refractivity contribution in [3.8, 4) is 11.3 Å². The lowest BCUT2D eigenvalue weighted by atomic mass is 9.90. The fourth-order valence-electron chi connectivity index (χ4n) is 4.27. The number of benzene rings is 1. The first-order valence-corrected chi connectivity index (χ1v) is 10.7. The van der Waals surface area contributed by atoms with E-state index in [0.29, 0.717) is 13.0 Å². The van der Waals surface area contributed by atoms with Crippen molar-refractivity contribution in [1.29, 1.82) is 0 Å². The first-order chi connectivity index (χ1) is 15.3. The smallest absolute Gasteiger partial charge is 0.165 e. The van der Waals surface area contributed by atoms with Gasteiger partial charge in [0.15, 0.2) is 5.78 Å². The van der Waals surface area contributed by atoms with Crippen LogP contribution in [0.3, 0.4) is 0 Å². The number of carbonyl (C=O) groups is 1. The zero-order valence-electron chi connectivity index (χ0n) is 17.3. The summed E-state index contributed by atoms with van der Waals surface area (Å²) >= 11 is 0. The third-order valence-corrected chi connectivity index (χ3v) is 5.79. The third kappa shape index (κ3) is 4.12. The zero-order valence-corrected chi connectivity index (χ0v) is 17.3. The lowest BCUT2D eigenvalue weighted by Gasteiger charge is -2.12. The van der Waals surface area contributed by atoms with Crippen LogP contribution in [-0.2, 0) is 19.4 Å². The van der Waals surface area contributed by atoms with Crippen LogP contribution in [0.1, 0.15) is 45.6 Å². The van der Waals surface area contributed by atoms with Gasteiger partial charge in [-0.1, -0.05) is 30.3 Å². The Labute approximate surface area is 181 Å². The van der Waals surface area contributed by atoms with Crippen LogP contribution in [0, 0.1) is 0 Å².